The molecule has 0 saturated carbocycles. The highest BCUT2D eigenvalue weighted by atomic mass is 32.2. The quantitative estimate of drug-likeness (QED) is 0.748. The SMILES string of the molecule is C[C@@H]1CN(C(=O)C2CCCCS2(=O)=O)CC(C(=O)O)O1. The second-order valence-electron chi connectivity index (χ2n) is 5.37. The van der Waals surface area contributed by atoms with Crippen molar-refractivity contribution in [3.05, 3.63) is 0 Å². The molecule has 7 nitrogen and oxygen atoms in total. The predicted octanol–water partition coefficient (Wildman–Crippen LogP) is -0.346. The minimum atomic E-state index is -3.41. The first-order valence-electron chi connectivity index (χ1n) is 6.70. The number of carboxylic acid groups (broad SMARTS) is 1. The van der Waals surface area contributed by atoms with Crippen molar-refractivity contribution in [2.45, 2.75) is 43.6 Å². The number of hydrogen-bond donors (Lipinski definition) is 1. The molecular formula is C12H19NO6S. The van der Waals surface area contributed by atoms with Gasteiger partial charge in [0.15, 0.2) is 15.9 Å². The highest BCUT2D eigenvalue weighted by Gasteiger charge is 2.41. The number of hydrogen-bond acceptors (Lipinski definition) is 5. The first-order chi connectivity index (χ1) is 9.31. The third-order valence-electron chi connectivity index (χ3n) is 3.70. The molecule has 1 N–H and O–H groups in total. The molecule has 2 aliphatic rings. The third kappa shape index (κ3) is 3.12. The Morgan fingerprint density at radius 1 is 1.25 bits per heavy atom. The predicted molar refractivity (Wildman–Crippen MR) is 70.0 cm³/mol. The average molecular weight is 305 g/mol. The van der Waals surface area contributed by atoms with Gasteiger partial charge in [0.25, 0.3) is 0 Å². The van der Waals surface area contributed by atoms with Crippen LogP contribution in [-0.2, 0) is 24.2 Å². The maximum atomic E-state index is 12.4. The van der Waals surface area contributed by atoms with Crippen LogP contribution in [0.2, 0.25) is 0 Å². The van der Waals surface area contributed by atoms with Gasteiger partial charge < -0.3 is 14.7 Å². The number of carbonyl (C=O) groups excluding carboxylic acids is 1. The van der Waals surface area contributed by atoms with Gasteiger partial charge in [-0.05, 0) is 19.8 Å². The van der Waals surface area contributed by atoms with E-state index in [4.69, 9.17) is 9.84 Å². The van der Waals surface area contributed by atoms with Crippen LogP contribution >= 0.6 is 0 Å². The van der Waals surface area contributed by atoms with E-state index in [0.717, 1.165) is 0 Å². The highest BCUT2D eigenvalue weighted by Crippen LogP contribution is 2.23. The van der Waals surface area contributed by atoms with Gasteiger partial charge in [-0.3, -0.25) is 4.79 Å². The van der Waals surface area contributed by atoms with Crippen molar-refractivity contribution in [1.82, 2.24) is 4.90 Å². The van der Waals surface area contributed by atoms with E-state index in [0.29, 0.717) is 19.3 Å². The van der Waals surface area contributed by atoms with Crippen molar-refractivity contribution in [3.8, 4) is 0 Å². The summed E-state index contributed by atoms with van der Waals surface area (Å²) in [5, 5.41) is 7.97. The molecular weight excluding hydrogens is 286 g/mol. The molecule has 2 unspecified atom stereocenters. The van der Waals surface area contributed by atoms with E-state index in [9.17, 15) is 18.0 Å². The van der Waals surface area contributed by atoms with Crippen LogP contribution in [-0.4, -0.2) is 66.6 Å². The van der Waals surface area contributed by atoms with Crippen LogP contribution in [0, 0.1) is 0 Å². The van der Waals surface area contributed by atoms with Crippen molar-refractivity contribution in [1.29, 1.82) is 0 Å². The first kappa shape index (κ1) is 15.2. The number of sulfone groups is 1. The molecule has 3 atom stereocenters. The lowest BCUT2D eigenvalue weighted by Gasteiger charge is -2.37. The smallest absolute Gasteiger partial charge is 0.334 e. The fourth-order valence-electron chi connectivity index (χ4n) is 2.70. The number of ether oxygens (including phenoxy) is 1. The summed E-state index contributed by atoms with van der Waals surface area (Å²) in [6.07, 6.45) is 0.112. The molecule has 0 aromatic carbocycles. The maximum absolute atomic E-state index is 12.4. The molecule has 2 heterocycles. The normalized spacial score (nSPS) is 33.6. The summed E-state index contributed by atoms with van der Waals surface area (Å²) in [6.45, 7) is 1.81. The lowest BCUT2D eigenvalue weighted by molar-refractivity contribution is -0.166. The Labute approximate surface area is 117 Å². The molecule has 0 aromatic rings. The number of carboxylic acids is 1. The molecule has 2 aliphatic heterocycles. The van der Waals surface area contributed by atoms with Crippen molar-refractivity contribution in [3.63, 3.8) is 0 Å². The van der Waals surface area contributed by atoms with Gasteiger partial charge in [-0.25, -0.2) is 13.2 Å². The molecule has 20 heavy (non-hydrogen) atoms. The molecule has 2 fully saturated rings. The lowest BCUT2D eigenvalue weighted by Crippen LogP contribution is -2.55. The van der Waals surface area contributed by atoms with Crippen molar-refractivity contribution in [2.75, 3.05) is 18.8 Å². The molecule has 0 radical (unpaired) electrons. The zero-order valence-electron chi connectivity index (χ0n) is 11.3. The van der Waals surface area contributed by atoms with Crippen LogP contribution in [0.25, 0.3) is 0 Å². The Morgan fingerprint density at radius 3 is 2.55 bits per heavy atom. The zero-order valence-corrected chi connectivity index (χ0v) is 12.1. The van der Waals surface area contributed by atoms with Gasteiger partial charge in [-0.15, -0.1) is 0 Å². The van der Waals surface area contributed by atoms with E-state index in [-0.39, 0.29) is 18.8 Å². The summed E-state index contributed by atoms with van der Waals surface area (Å²) in [7, 11) is -3.41. The van der Waals surface area contributed by atoms with Gasteiger partial charge >= 0.3 is 5.97 Å². The second-order valence-corrected chi connectivity index (χ2v) is 7.67. The van der Waals surface area contributed by atoms with Crippen molar-refractivity contribution < 1.29 is 27.9 Å². The molecule has 0 spiro atoms. The minimum Gasteiger partial charge on any atom is -0.479 e. The van der Waals surface area contributed by atoms with Gasteiger partial charge in [0, 0.05) is 6.54 Å². The summed E-state index contributed by atoms with van der Waals surface area (Å²) in [5.41, 5.74) is 0. The monoisotopic (exact) mass is 305 g/mol. The third-order valence-corrected chi connectivity index (χ3v) is 5.86. The summed E-state index contributed by atoms with van der Waals surface area (Å²) in [6, 6.07) is 0. The molecule has 0 aromatic heterocycles. The number of aliphatic carboxylic acids is 1. The van der Waals surface area contributed by atoms with Gasteiger partial charge in [0.05, 0.1) is 18.4 Å². The maximum Gasteiger partial charge on any atom is 0.334 e. The molecule has 2 saturated heterocycles. The van der Waals surface area contributed by atoms with Crippen LogP contribution in [0.3, 0.4) is 0 Å². The summed E-state index contributed by atoms with van der Waals surface area (Å²) in [4.78, 5) is 24.7. The van der Waals surface area contributed by atoms with E-state index in [1.54, 1.807) is 6.92 Å². The van der Waals surface area contributed by atoms with Crippen molar-refractivity contribution in [2.24, 2.45) is 0 Å². The average Bonchev–Trinajstić information content (AvgIpc) is 2.36. The van der Waals surface area contributed by atoms with Crippen LogP contribution < -0.4 is 0 Å². The van der Waals surface area contributed by atoms with Gasteiger partial charge in [-0.1, -0.05) is 6.42 Å². The van der Waals surface area contributed by atoms with E-state index in [2.05, 4.69) is 0 Å². The first-order valence-corrected chi connectivity index (χ1v) is 8.41. The van der Waals surface area contributed by atoms with E-state index < -0.39 is 39.2 Å². The molecule has 114 valence electrons. The number of morpholine rings is 1. The fraction of sp³-hybridized carbons (Fsp3) is 0.833. The lowest BCUT2D eigenvalue weighted by atomic mass is 10.1. The Bertz CT molecular complexity index is 502. The zero-order chi connectivity index (χ0) is 14.9. The van der Waals surface area contributed by atoms with Gasteiger partial charge in [-0.2, -0.15) is 0 Å². The van der Waals surface area contributed by atoms with Gasteiger partial charge in [0.2, 0.25) is 5.91 Å². The Kier molecular flexibility index (Phi) is 4.33. The Hall–Kier alpha value is -1.15. The molecule has 0 aliphatic carbocycles. The molecule has 8 heteroatoms. The fourth-order valence-corrected chi connectivity index (χ4v) is 4.58. The van der Waals surface area contributed by atoms with Crippen LogP contribution in [0.5, 0.6) is 0 Å². The summed E-state index contributed by atoms with van der Waals surface area (Å²) >= 11 is 0. The van der Waals surface area contributed by atoms with E-state index >= 15 is 0 Å². The standard InChI is InChI=1S/C12H19NO6S/c1-8-6-13(7-9(19-8)12(15)16)11(14)10-4-2-3-5-20(10,17)18/h8-10H,2-7H2,1H3,(H,15,16)/t8-,9?,10?/m1/s1. The van der Waals surface area contributed by atoms with Gasteiger partial charge in [0.1, 0.15) is 5.25 Å². The second kappa shape index (κ2) is 5.69. The van der Waals surface area contributed by atoms with E-state index in [1.807, 2.05) is 0 Å². The summed E-state index contributed by atoms with van der Waals surface area (Å²) < 4.78 is 29.2. The molecule has 1 amide bonds. The topological polar surface area (TPSA) is 101 Å². The minimum absolute atomic E-state index is 0.0334. The van der Waals surface area contributed by atoms with Crippen LogP contribution in [0.15, 0.2) is 0 Å². The Morgan fingerprint density at radius 2 is 1.95 bits per heavy atom. The number of nitrogens with zero attached hydrogens (tertiary/aromatic N) is 1. The van der Waals surface area contributed by atoms with Crippen LogP contribution in [0.4, 0.5) is 0 Å². The Balaban J connectivity index is 2.13. The van der Waals surface area contributed by atoms with E-state index in [1.165, 1.54) is 4.90 Å². The number of carbonyl (C=O) groups is 2. The molecule has 0 bridgehead atoms. The number of rotatable bonds is 2. The molecule has 2 rings (SSSR count). The van der Waals surface area contributed by atoms with Crippen molar-refractivity contribution >= 4 is 21.7 Å². The highest BCUT2D eigenvalue weighted by molar-refractivity contribution is 7.92. The largest absolute Gasteiger partial charge is 0.479 e. The summed E-state index contributed by atoms with van der Waals surface area (Å²) in [5.74, 6) is -1.59. The van der Waals surface area contributed by atoms with Crippen LogP contribution in [0.1, 0.15) is 26.2 Å². The number of amides is 1.